The summed E-state index contributed by atoms with van der Waals surface area (Å²) < 4.78 is 8.57. The number of furan rings is 1. The van der Waals surface area contributed by atoms with Gasteiger partial charge in [0.15, 0.2) is 11.8 Å². The van der Waals surface area contributed by atoms with Crippen molar-refractivity contribution < 1.29 is 8.98 Å². The summed E-state index contributed by atoms with van der Waals surface area (Å²) in [4.78, 5) is 4.79. The third kappa shape index (κ3) is 3.66. The quantitative estimate of drug-likeness (QED) is 0.376. The van der Waals surface area contributed by atoms with Gasteiger partial charge >= 0.3 is 0 Å². The van der Waals surface area contributed by atoms with Gasteiger partial charge in [-0.15, -0.1) is 0 Å². The summed E-state index contributed by atoms with van der Waals surface area (Å²) in [5.41, 5.74) is 7.86. The van der Waals surface area contributed by atoms with E-state index >= 15 is 0 Å². The molecular formula is C26H31N2O+. The van der Waals surface area contributed by atoms with Crippen molar-refractivity contribution in [2.45, 2.75) is 53.9 Å². The number of hydrogen-bond donors (Lipinski definition) is 0. The molecule has 0 atom stereocenters. The highest BCUT2D eigenvalue weighted by Gasteiger charge is 2.23. The van der Waals surface area contributed by atoms with Crippen LogP contribution >= 0.6 is 0 Å². The van der Waals surface area contributed by atoms with E-state index in [9.17, 15) is 0 Å². The summed E-state index contributed by atoms with van der Waals surface area (Å²) >= 11 is 0. The van der Waals surface area contributed by atoms with Gasteiger partial charge < -0.3 is 4.42 Å². The number of pyridine rings is 2. The highest BCUT2D eigenvalue weighted by atomic mass is 16.3. The van der Waals surface area contributed by atoms with Gasteiger partial charge in [0.05, 0.1) is 5.56 Å². The number of aromatic nitrogens is 2. The lowest BCUT2D eigenvalue weighted by atomic mass is 9.88. The molecule has 4 rings (SSSR count). The van der Waals surface area contributed by atoms with E-state index in [1.54, 1.807) is 0 Å². The van der Waals surface area contributed by atoms with Gasteiger partial charge in [-0.2, -0.15) is 0 Å². The molecule has 0 spiro atoms. The molecule has 0 aliphatic rings. The maximum absolute atomic E-state index is 6.38. The molecule has 1 aromatic carbocycles. The normalized spacial score (nSPS) is 12.4. The van der Waals surface area contributed by atoms with E-state index in [1.165, 1.54) is 16.8 Å². The lowest BCUT2D eigenvalue weighted by Crippen LogP contribution is -2.31. The summed E-state index contributed by atoms with van der Waals surface area (Å²) in [5.74, 6) is 0.376. The average molecular weight is 388 g/mol. The smallest absolute Gasteiger partial charge is 0.227 e. The van der Waals surface area contributed by atoms with Gasteiger partial charge in [-0.25, -0.2) is 9.55 Å². The molecule has 0 fully saturated rings. The van der Waals surface area contributed by atoms with E-state index in [-0.39, 0.29) is 5.41 Å². The van der Waals surface area contributed by atoms with Crippen LogP contribution in [-0.2, 0) is 13.5 Å². The Hall–Kier alpha value is -2.68. The Balaban J connectivity index is 1.97. The topological polar surface area (TPSA) is 29.9 Å². The average Bonchev–Trinajstić information content (AvgIpc) is 3.00. The minimum absolute atomic E-state index is 0.245. The Kier molecular flexibility index (Phi) is 4.72. The largest absolute Gasteiger partial charge is 0.437 e. The molecule has 3 aromatic heterocycles. The van der Waals surface area contributed by atoms with Gasteiger partial charge in [0.1, 0.15) is 7.05 Å². The van der Waals surface area contributed by atoms with Gasteiger partial charge in [0.2, 0.25) is 11.4 Å². The SMILES string of the molecule is Cc1ccc2c(oc3nc(C(C)C)ccc32)c1-c1cc(CC(C)(C)C)cc[n+]1C. The molecule has 0 aliphatic carbocycles. The Morgan fingerprint density at radius 3 is 2.45 bits per heavy atom. The summed E-state index contributed by atoms with van der Waals surface area (Å²) in [7, 11) is 2.10. The lowest BCUT2D eigenvalue weighted by Gasteiger charge is -2.18. The van der Waals surface area contributed by atoms with Crippen molar-refractivity contribution in [3.05, 3.63) is 59.4 Å². The predicted molar refractivity (Wildman–Crippen MR) is 120 cm³/mol. The van der Waals surface area contributed by atoms with Crippen molar-refractivity contribution in [1.82, 2.24) is 4.98 Å². The number of aryl methyl sites for hydroxylation is 2. The monoisotopic (exact) mass is 387 g/mol. The molecule has 4 aromatic rings. The number of rotatable bonds is 3. The zero-order valence-electron chi connectivity index (χ0n) is 18.6. The molecule has 0 N–H and O–H groups in total. The summed E-state index contributed by atoms with van der Waals surface area (Å²) in [6.07, 6.45) is 3.20. The van der Waals surface area contributed by atoms with Crippen LogP contribution in [0.3, 0.4) is 0 Å². The molecule has 3 nitrogen and oxygen atoms in total. The first-order valence-corrected chi connectivity index (χ1v) is 10.5. The molecule has 0 aliphatic heterocycles. The van der Waals surface area contributed by atoms with Crippen LogP contribution in [0.4, 0.5) is 0 Å². The molecule has 0 unspecified atom stereocenters. The first-order valence-electron chi connectivity index (χ1n) is 10.5. The van der Waals surface area contributed by atoms with Crippen LogP contribution in [0, 0.1) is 12.3 Å². The van der Waals surface area contributed by atoms with Crippen molar-refractivity contribution in [1.29, 1.82) is 0 Å². The molecule has 0 radical (unpaired) electrons. The molecule has 0 saturated carbocycles. The Morgan fingerprint density at radius 1 is 1.03 bits per heavy atom. The molecule has 29 heavy (non-hydrogen) atoms. The molecular weight excluding hydrogens is 356 g/mol. The molecule has 0 saturated heterocycles. The third-order valence-corrected chi connectivity index (χ3v) is 5.53. The van der Waals surface area contributed by atoms with E-state index < -0.39 is 0 Å². The van der Waals surface area contributed by atoms with Crippen LogP contribution < -0.4 is 4.57 Å². The maximum Gasteiger partial charge on any atom is 0.227 e. The summed E-state index contributed by atoms with van der Waals surface area (Å²) in [5, 5.41) is 2.21. The zero-order chi connectivity index (χ0) is 20.9. The van der Waals surface area contributed by atoms with E-state index in [1.807, 2.05) is 0 Å². The fraction of sp³-hybridized carbons (Fsp3) is 0.385. The van der Waals surface area contributed by atoms with E-state index in [0.717, 1.165) is 39.7 Å². The molecule has 3 heteroatoms. The van der Waals surface area contributed by atoms with Crippen LogP contribution in [-0.4, -0.2) is 4.98 Å². The first kappa shape index (κ1) is 19.6. The fourth-order valence-electron chi connectivity index (χ4n) is 4.06. The second-order valence-electron chi connectivity index (χ2n) is 9.75. The van der Waals surface area contributed by atoms with Crippen molar-refractivity contribution in [2.75, 3.05) is 0 Å². The summed E-state index contributed by atoms with van der Waals surface area (Å²) in [6.45, 7) is 13.3. The highest BCUT2D eigenvalue weighted by molar-refractivity contribution is 6.08. The van der Waals surface area contributed by atoms with Crippen LogP contribution in [0.1, 0.15) is 57.4 Å². The minimum Gasteiger partial charge on any atom is -0.437 e. The van der Waals surface area contributed by atoms with E-state index in [0.29, 0.717) is 5.92 Å². The molecule has 0 bridgehead atoms. The van der Waals surface area contributed by atoms with Crippen molar-refractivity contribution in [3.8, 4) is 11.3 Å². The number of nitrogens with zero attached hydrogens (tertiary/aromatic N) is 2. The lowest BCUT2D eigenvalue weighted by molar-refractivity contribution is -0.660. The van der Waals surface area contributed by atoms with Gasteiger partial charge in [0, 0.05) is 28.6 Å². The van der Waals surface area contributed by atoms with E-state index in [4.69, 9.17) is 9.40 Å². The number of fused-ring (bicyclic) bond motifs is 3. The third-order valence-electron chi connectivity index (χ3n) is 5.53. The van der Waals surface area contributed by atoms with Gasteiger partial charge in [0.25, 0.3) is 0 Å². The van der Waals surface area contributed by atoms with E-state index in [2.05, 4.69) is 95.8 Å². The van der Waals surface area contributed by atoms with Gasteiger partial charge in [-0.1, -0.05) is 46.8 Å². The number of hydrogen-bond acceptors (Lipinski definition) is 2. The highest BCUT2D eigenvalue weighted by Crippen LogP contribution is 2.37. The zero-order valence-corrected chi connectivity index (χ0v) is 18.6. The molecule has 3 heterocycles. The first-order chi connectivity index (χ1) is 13.6. The Morgan fingerprint density at radius 2 is 1.76 bits per heavy atom. The Labute approximate surface area is 173 Å². The van der Waals surface area contributed by atoms with Crippen molar-refractivity contribution in [3.63, 3.8) is 0 Å². The second kappa shape index (κ2) is 6.98. The molecule has 150 valence electrons. The van der Waals surface area contributed by atoms with Crippen LogP contribution in [0.5, 0.6) is 0 Å². The maximum atomic E-state index is 6.38. The fourth-order valence-corrected chi connectivity index (χ4v) is 4.06. The van der Waals surface area contributed by atoms with Crippen LogP contribution in [0.2, 0.25) is 0 Å². The van der Waals surface area contributed by atoms with Crippen LogP contribution in [0.15, 0.2) is 47.0 Å². The Bertz CT molecular complexity index is 1210. The number of benzene rings is 1. The molecule has 0 amide bonds. The van der Waals surface area contributed by atoms with Gasteiger partial charge in [-0.05, 0) is 47.9 Å². The minimum atomic E-state index is 0.245. The standard InChI is InChI=1S/C26H31N2O/c1-16(2)21-11-10-20-19-9-8-17(3)23(24(19)29-25(20)27-21)22-14-18(12-13-28(22)7)15-26(4,5)6/h8-14,16H,15H2,1-7H3/q+1. The van der Waals surface area contributed by atoms with Crippen LogP contribution in [0.25, 0.3) is 33.3 Å². The van der Waals surface area contributed by atoms with Crippen molar-refractivity contribution >= 4 is 22.1 Å². The van der Waals surface area contributed by atoms with Crippen molar-refractivity contribution in [2.24, 2.45) is 12.5 Å². The predicted octanol–water partition coefficient (Wildman–Crippen LogP) is 6.49. The second-order valence-corrected chi connectivity index (χ2v) is 9.75. The summed E-state index contributed by atoms with van der Waals surface area (Å²) in [6, 6.07) is 13.2. The van der Waals surface area contributed by atoms with Gasteiger partial charge in [-0.3, -0.25) is 0 Å².